The van der Waals surface area contributed by atoms with E-state index in [2.05, 4.69) is 5.32 Å². The number of hydrogen-bond donors (Lipinski definition) is 1. The lowest BCUT2D eigenvalue weighted by Crippen LogP contribution is -2.38. The summed E-state index contributed by atoms with van der Waals surface area (Å²) in [7, 11) is -4.11. The van der Waals surface area contributed by atoms with Crippen LogP contribution in [0.1, 0.15) is 24.0 Å². The second-order valence-corrected chi connectivity index (χ2v) is 11.4. The van der Waals surface area contributed by atoms with Gasteiger partial charge in [-0.25, -0.2) is 8.42 Å². The molecule has 2 amide bonds. The van der Waals surface area contributed by atoms with Gasteiger partial charge < -0.3 is 10.2 Å². The molecule has 36 heavy (non-hydrogen) atoms. The average molecular weight is 546 g/mol. The molecule has 188 valence electrons. The first kappa shape index (κ1) is 26.0. The van der Waals surface area contributed by atoms with Crippen LogP contribution in [0.25, 0.3) is 0 Å². The zero-order valence-electron chi connectivity index (χ0n) is 19.8. The van der Waals surface area contributed by atoms with Gasteiger partial charge in [0.15, 0.2) is 0 Å². The van der Waals surface area contributed by atoms with E-state index in [1.165, 1.54) is 30.3 Å². The van der Waals surface area contributed by atoms with Gasteiger partial charge in [0.2, 0.25) is 11.8 Å². The van der Waals surface area contributed by atoms with Crippen LogP contribution in [0.2, 0.25) is 10.0 Å². The van der Waals surface area contributed by atoms with E-state index in [9.17, 15) is 18.0 Å². The third-order valence-corrected chi connectivity index (χ3v) is 8.10. The molecule has 0 radical (unpaired) electrons. The van der Waals surface area contributed by atoms with Crippen LogP contribution in [-0.2, 0) is 19.6 Å². The summed E-state index contributed by atoms with van der Waals surface area (Å²) in [6.45, 7) is 3.88. The Morgan fingerprint density at radius 1 is 1.00 bits per heavy atom. The van der Waals surface area contributed by atoms with Crippen LogP contribution in [-0.4, -0.2) is 33.3 Å². The number of benzene rings is 3. The number of sulfonamides is 1. The van der Waals surface area contributed by atoms with E-state index in [1.54, 1.807) is 35.2 Å². The summed E-state index contributed by atoms with van der Waals surface area (Å²) in [5.41, 5.74) is 3.19. The summed E-state index contributed by atoms with van der Waals surface area (Å²) < 4.78 is 28.1. The summed E-state index contributed by atoms with van der Waals surface area (Å²) in [4.78, 5) is 26.9. The molecule has 0 aliphatic carbocycles. The number of carbonyl (C=O) groups is 2. The van der Waals surface area contributed by atoms with E-state index in [0.717, 1.165) is 27.5 Å². The van der Waals surface area contributed by atoms with E-state index in [1.807, 2.05) is 13.8 Å². The molecule has 1 saturated heterocycles. The van der Waals surface area contributed by atoms with E-state index in [0.29, 0.717) is 18.7 Å². The molecule has 3 aromatic rings. The van der Waals surface area contributed by atoms with Crippen molar-refractivity contribution in [1.82, 2.24) is 0 Å². The van der Waals surface area contributed by atoms with Crippen molar-refractivity contribution in [3.05, 3.63) is 81.8 Å². The van der Waals surface area contributed by atoms with Crippen LogP contribution in [0.15, 0.2) is 65.6 Å². The molecule has 1 aliphatic heterocycles. The number of halogens is 2. The summed E-state index contributed by atoms with van der Waals surface area (Å²) in [5.74, 6) is -0.474. The van der Waals surface area contributed by atoms with Gasteiger partial charge in [-0.05, 0) is 74.4 Å². The summed E-state index contributed by atoms with van der Waals surface area (Å²) in [6.07, 6.45) is 1.34. The van der Waals surface area contributed by atoms with Crippen molar-refractivity contribution in [3.63, 3.8) is 0 Å². The molecule has 1 N–H and O–H groups in total. The monoisotopic (exact) mass is 545 g/mol. The Morgan fingerprint density at radius 2 is 1.67 bits per heavy atom. The second-order valence-electron chi connectivity index (χ2n) is 8.65. The molecule has 4 rings (SSSR count). The van der Waals surface area contributed by atoms with Crippen LogP contribution >= 0.6 is 23.2 Å². The molecule has 0 bridgehead atoms. The third-order valence-electron chi connectivity index (χ3n) is 5.88. The number of anilines is 3. The van der Waals surface area contributed by atoms with Crippen molar-refractivity contribution >= 4 is 62.1 Å². The van der Waals surface area contributed by atoms with Crippen LogP contribution < -0.4 is 14.5 Å². The van der Waals surface area contributed by atoms with Crippen LogP contribution in [0, 0.1) is 13.8 Å². The third kappa shape index (κ3) is 5.67. The molecular weight excluding hydrogens is 521 g/mol. The molecule has 0 saturated carbocycles. The lowest BCUT2D eigenvalue weighted by atomic mass is 10.1. The average Bonchev–Trinajstić information content (AvgIpc) is 3.22. The van der Waals surface area contributed by atoms with Crippen molar-refractivity contribution in [2.24, 2.45) is 0 Å². The topological polar surface area (TPSA) is 86.8 Å². The Labute approximate surface area is 220 Å². The van der Waals surface area contributed by atoms with Crippen LogP contribution in [0.3, 0.4) is 0 Å². The largest absolute Gasteiger partial charge is 0.325 e. The van der Waals surface area contributed by atoms with Crippen LogP contribution in [0.4, 0.5) is 17.1 Å². The standard InChI is InChI=1S/C26H25Cl2N3O4S/c1-17-5-8-23(9-6-17)36(34,35)31(22-14-19(27)13-20(28)15-22)16-25(32)29-21-7-10-24(18(2)12-21)30-11-3-4-26(30)33/h5-10,12-15H,3-4,11,16H2,1-2H3,(H,29,32). The predicted octanol–water partition coefficient (Wildman–Crippen LogP) is 5.57. The lowest BCUT2D eigenvalue weighted by molar-refractivity contribution is -0.117. The molecule has 0 unspecified atom stereocenters. The highest BCUT2D eigenvalue weighted by Crippen LogP contribution is 2.31. The number of rotatable bonds is 7. The van der Waals surface area contributed by atoms with Gasteiger partial charge in [-0.15, -0.1) is 0 Å². The number of amides is 2. The fraction of sp³-hybridized carbons (Fsp3) is 0.231. The summed E-state index contributed by atoms with van der Waals surface area (Å²) >= 11 is 12.3. The SMILES string of the molecule is Cc1ccc(S(=O)(=O)N(CC(=O)Nc2ccc(N3CCCC3=O)c(C)c2)c2cc(Cl)cc(Cl)c2)cc1. The van der Waals surface area contributed by atoms with E-state index >= 15 is 0 Å². The zero-order chi connectivity index (χ0) is 26.0. The normalized spacial score (nSPS) is 13.7. The molecule has 7 nitrogen and oxygen atoms in total. The number of nitrogens with zero attached hydrogens (tertiary/aromatic N) is 2. The highest BCUT2D eigenvalue weighted by molar-refractivity contribution is 7.92. The number of aryl methyl sites for hydroxylation is 2. The summed E-state index contributed by atoms with van der Waals surface area (Å²) in [6, 6.07) is 16.0. The minimum absolute atomic E-state index is 0.0347. The fourth-order valence-electron chi connectivity index (χ4n) is 4.11. The van der Waals surface area contributed by atoms with E-state index in [4.69, 9.17) is 23.2 Å². The second kappa shape index (κ2) is 10.5. The first-order chi connectivity index (χ1) is 17.0. The maximum atomic E-state index is 13.6. The van der Waals surface area contributed by atoms with Gasteiger partial charge in [0.05, 0.1) is 10.6 Å². The molecule has 1 heterocycles. The maximum absolute atomic E-state index is 13.6. The number of carbonyl (C=O) groups excluding carboxylic acids is 2. The Bertz CT molecular complexity index is 1410. The lowest BCUT2D eigenvalue weighted by Gasteiger charge is -2.25. The Morgan fingerprint density at radius 3 is 2.25 bits per heavy atom. The molecule has 0 spiro atoms. The number of hydrogen-bond acceptors (Lipinski definition) is 4. The molecule has 1 aliphatic rings. The van der Waals surface area contributed by atoms with Crippen molar-refractivity contribution in [1.29, 1.82) is 0 Å². The Kier molecular flexibility index (Phi) is 7.59. The number of nitrogens with one attached hydrogen (secondary N) is 1. The van der Waals surface area contributed by atoms with Gasteiger partial charge in [-0.2, -0.15) is 0 Å². The quantitative estimate of drug-likeness (QED) is 0.420. The first-order valence-electron chi connectivity index (χ1n) is 11.3. The smallest absolute Gasteiger partial charge is 0.264 e. The van der Waals surface area contributed by atoms with Crippen molar-refractivity contribution in [2.75, 3.05) is 27.6 Å². The highest BCUT2D eigenvalue weighted by atomic mass is 35.5. The maximum Gasteiger partial charge on any atom is 0.264 e. The zero-order valence-corrected chi connectivity index (χ0v) is 22.1. The Hall–Kier alpha value is -3.07. The van der Waals surface area contributed by atoms with E-state index < -0.39 is 22.5 Å². The molecule has 1 fully saturated rings. The van der Waals surface area contributed by atoms with Gasteiger partial charge in [0, 0.05) is 34.4 Å². The summed E-state index contributed by atoms with van der Waals surface area (Å²) in [5, 5.41) is 3.24. The molecule has 10 heteroatoms. The highest BCUT2D eigenvalue weighted by Gasteiger charge is 2.28. The minimum Gasteiger partial charge on any atom is -0.325 e. The predicted molar refractivity (Wildman–Crippen MR) is 144 cm³/mol. The Balaban J connectivity index is 1.61. The van der Waals surface area contributed by atoms with Gasteiger partial charge in [0.1, 0.15) is 6.54 Å². The van der Waals surface area contributed by atoms with Gasteiger partial charge in [-0.1, -0.05) is 40.9 Å². The van der Waals surface area contributed by atoms with Crippen molar-refractivity contribution < 1.29 is 18.0 Å². The van der Waals surface area contributed by atoms with Gasteiger partial charge in [0.25, 0.3) is 10.0 Å². The molecule has 0 atom stereocenters. The molecule has 0 aromatic heterocycles. The fourth-order valence-corrected chi connectivity index (χ4v) is 6.02. The van der Waals surface area contributed by atoms with Crippen molar-refractivity contribution in [3.8, 4) is 0 Å². The van der Waals surface area contributed by atoms with E-state index in [-0.39, 0.29) is 26.5 Å². The van der Waals surface area contributed by atoms with Gasteiger partial charge >= 0.3 is 0 Å². The van der Waals surface area contributed by atoms with Gasteiger partial charge in [-0.3, -0.25) is 13.9 Å². The minimum atomic E-state index is -4.11. The van der Waals surface area contributed by atoms with Crippen LogP contribution in [0.5, 0.6) is 0 Å². The first-order valence-corrected chi connectivity index (χ1v) is 13.5. The van der Waals surface area contributed by atoms with Crippen molar-refractivity contribution in [2.45, 2.75) is 31.6 Å². The molecular formula is C26H25Cl2N3O4S. The molecule has 3 aromatic carbocycles.